The van der Waals surface area contributed by atoms with Gasteiger partial charge in [0.25, 0.3) is 0 Å². The van der Waals surface area contributed by atoms with Crippen LogP contribution in [-0.4, -0.2) is 47.4 Å². The van der Waals surface area contributed by atoms with Gasteiger partial charge in [0, 0.05) is 12.8 Å². The van der Waals surface area contributed by atoms with Crippen LogP contribution in [0.15, 0.2) is 12.2 Å². The van der Waals surface area contributed by atoms with Gasteiger partial charge in [-0.3, -0.25) is 9.59 Å². The number of allylic oxidation sites excluding steroid dienone is 2. The molecule has 0 fully saturated rings. The third kappa shape index (κ3) is 61.8. The van der Waals surface area contributed by atoms with E-state index in [4.69, 9.17) is 4.74 Å². The first-order chi connectivity index (χ1) is 37.5. The van der Waals surface area contributed by atoms with E-state index in [1.807, 2.05) is 0 Å². The molecule has 0 bridgehead atoms. The molecule has 452 valence electrons. The van der Waals surface area contributed by atoms with Crippen LogP contribution in [-0.2, 0) is 14.3 Å². The Hall–Kier alpha value is -1.40. The summed E-state index contributed by atoms with van der Waals surface area (Å²) in [6, 6.07) is -0.543. The quantitative estimate of drug-likeness (QED) is 0.0320. The van der Waals surface area contributed by atoms with Crippen molar-refractivity contribution in [1.82, 2.24) is 5.32 Å². The molecule has 0 saturated carbocycles. The van der Waals surface area contributed by atoms with Crippen molar-refractivity contribution in [2.75, 3.05) is 13.2 Å². The van der Waals surface area contributed by atoms with Crippen LogP contribution in [0.1, 0.15) is 399 Å². The first-order valence-electron chi connectivity index (χ1n) is 34.9. The molecule has 1 amide bonds. The number of rotatable bonds is 66. The molecule has 0 aromatic heterocycles. The van der Waals surface area contributed by atoms with Crippen molar-refractivity contribution in [2.24, 2.45) is 0 Å². The maximum atomic E-state index is 12.5. The van der Waals surface area contributed by atoms with E-state index in [0.717, 1.165) is 38.5 Å². The fourth-order valence-corrected chi connectivity index (χ4v) is 11.2. The smallest absolute Gasteiger partial charge is 0.305 e. The average molecular weight is 1070 g/mol. The highest BCUT2D eigenvalue weighted by molar-refractivity contribution is 5.76. The van der Waals surface area contributed by atoms with Gasteiger partial charge < -0.3 is 20.3 Å². The first-order valence-corrected chi connectivity index (χ1v) is 34.9. The number of ether oxygens (including phenoxy) is 1. The largest absolute Gasteiger partial charge is 0.466 e. The van der Waals surface area contributed by atoms with E-state index < -0.39 is 12.1 Å². The maximum Gasteiger partial charge on any atom is 0.305 e. The highest BCUT2D eigenvalue weighted by atomic mass is 16.5. The van der Waals surface area contributed by atoms with Crippen LogP contribution < -0.4 is 5.32 Å². The fourth-order valence-electron chi connectivity index (χ4n) is 11.2. The molecule has 2 atom stereocenters. The van der Waals surface area contributed by atoms with Gasteiger partial charge in [-0.1, -0.05) is 347 Å². The second-order valence-corrected chi connectivity index (χ2v) is 24.2. The molecule has 6 nitrogen and oxygen atoms in total. The van der Waals surface area contributed by atoms with Crippen LogP contribution >= 0.6 is 0 Å². The van der Waals surface area contributed by atoms with Crippen molar-refractivity contribution in [2.45, 2.75) is 411 Å². The van der Waals surface area contributed by atoms with Crippen molar-refractivity contribution in [3.8, 4) is 0 Å². The van der Waals surface area contributed by atoms with E-state index in [-0.39, 0.29) is 18.5 Å². The topological polar surface area (TPSA) is 95.9 Å². The number of unbranched alkanes of at least 4 members (excludes halogenated alkanes) is 53. The van der Waals surface area contributed by atoms with Gasteiger partial charge in [-0.2, -0.15) is 0 Å². The van der Waals surface area contributed by atoms with Crippen molar-refractivity contribution in [3.05, 3.63) is 12.2 Å². The summed E-state index contributed by atoms with van der Waals surface area (Å²) in [6.07, 6.45) is 81.1. The van der Waals surface area contributed by atoms with Crippen LogP contribution in [0.25, 0.3) is 0 Å². The highest BCUT2D eigenvalue weighted by Crippen LogP contribution is 2.19. The van der Waals surface area contributed by atoms with Crippen LogP contribution in [0.4, 0.5) is 0 Å². The number of hydrogen-bond acceptors (Lipinski definition) is 5. The lowest BCUT2D eigenvalue weighted by Gasteiger charge is -2.22. The molecule has 0 aliphatic heterocycles. The Kier molecular flexibility index (Phi) is 64.9. The summed E-state index contributed by atoms with van der Waals surface area (Å²) in [5.41, 5.74) is 0. The molecular weight excluding hydrogens is 935 g/mol. The van der Waals surface area contributed by atoms with Gasteiger partial charge in [-0.25, -0.2) is 0 Å². The van der Waals surface area contributed by atoms with Crippen LogP contribution in [0, 0.1) is 0 Å². The number of carbonyl (C=O) groups is 2. The molecule has 0 spiro atoms. The number of nitrogens with one attached hydrogen (secondary N) is 1. The summed E-state index contributed by atoms with van der Waals surface area (Å²) in [4.78, 5) is 24.6. The highest BCUT2D eigenvalue weighted by Gasteiger charge is 2.20. The van der Waals surface area contributed by atoms with Gasteiger partial charge in [0.2, 0.25) is 5.91 Å². The minimum absolute atomic E-state index is 0.0193. The zero-order valence-corrected chi connectivity index (χ0v) is 51.8. The molecule has 0 heterocycles. The Morgan fingerprint density at radius 2 is 0.618 bits per heavy atom. The normalized spacial score (nSPS) is 12.5. The standard InChI is InChI=1S/C70H137NO5/c1-3-5-7-9-11-13-15-17-19-20-28-32-36-40-44-48-52-56-60-64-70(75)76-65-61-57-53-49-45-41-37-33-30-27-25-23-21-22-24-26-29-31-35-39-43-47-51-55-59-63-69(74)71-67(66-72)68(73)62-58-54-50-46-42-38-34-18-16-14-12-10-8-6-4-2/h22,24,67-68,72-73H,3-21,23,25-66H2,1-2H3,(H,71,74)/b24-22-. The van der Waals surface area contributed by atoms with E-state index in [1.165, 1.54) is 327 Å². The Labute approximate surface area is 476 Å². The van der Waals surface area contributed by atoms with E-state index in [1.54, 1.807) is 0 Å². The second kappa shape index (κ2) is 66.1. The summed E-state index contributed by atoms with van der Waals surface area (Å²) >= 11 is 0. The maximum absolute atomic E-state index is 12.5. The monoisotopic (exact) mass is 1070 g/mol. The first kappa shape index (κ1) is 74.6. The molecule has 0 aliphatic rings. The third-order valence-corrected chi connectivity index (χ3v) is 16.6. The fraction of sp³-hybridized carbons (Fsp3) is 0.943. The van der Waals surface area contributed by atoms with Crippen molar-refractivity contribution >= 4 is 11.9 Å². The molecular formula is C70H137NO5. The molecule has 0 rings (SSSR count). The molecule has 2 unspecified atom stereocenters. The SMILES string of the molecule is CCCCCCCCCCCCCCCCCCCCCC(=O)OCCCCCCCCCCCCCC/C=C\CCCCCCCCCCCC(=O)NC(CO)C(O)CCCCCCCCCCCCCCCCC. The van der Waals surface area contributed by atoms with Crippen molar-refractivity contribution in [1.29, 1.82) is 0 Å². The second-order valence-electron chi connectivity index (χ2n) is 24.2. The Morgan fingerprint density at radius 3 is 0.934 bits per heavy atom. The number of hydrogen-bond donors (Lipinski definition) is 3. The van der Waals surface area contributed by atoms with Crippen LogP contribution in [0.2, 0.25) is 0 Å². The predicted molar refractivity (Wildman–Crippen MR) is 333 cm³/mol. The van der Waals surface area contributed by atoms with E-state index in [9.17, 15) is 19.8 Å². The number of carbonyl (C=O) groups excluding carboxylic acids is 2. The number of aliphatic hydroxyl groups is 2. The molecule has 0 aromatic rings. The number of esters is 1. The molecule has 0 aromatic carbocycles. The van der Waals surface area contributed by atoms with E-state index in [0.29, 0.717) is 25.9 Å². The zero-order valence-electron chi connectivity index (χ0n) is 51.8. The van der Waals surface area contributed by atoms with Gasteiger partial charge in [-0.05, 0) is 51.4 Å². The Morgan fingerprint density at radius 1 is 0.355 bits per heavy atom. The number of aliphatic hydroxyl groups excluding tert-OH is 2. The van der Waals surface area contributed by atoms with Crippen LogP contribution in [0.5, 0.6) is 0 Å². The average Bonchev–Trinajstić information content (AvgIpc) is 3.42. The summed E-state index contributed by atoms with van der Waals surface area (Å²) in [5.74, 6) is -0.0156. The van der Waals surface area contributed by atoms with E-state index >= 15 is 0 Å². The Balaban J connectivity index is 3.36. The van der Waals surface area contributed by atoms with E-state index in [2.05, 4.69) is 31.3 Å². The van der Waals surface area contributed by atoms with Crippen molar-refractivity contribution < 1.29 is 24.5 Å². The lowest BCUT2D eigenvalue weighted by Crippen LogP contribution is -2.45. The molecule has 0 aliphatic carbocycles. The van der Waals surface area contributed by atoms with Gasteiger partial charge in [0.1, 0.15) is 0 Å². The number of amides is 1. The molecule has 0 radical (unpaired) electrons. The van der Waals surface area contributed by atoms with Gasteiger partial charge in [0.05, 0.1) is 25.4 Å². The summed E-state index contributed by atoms with van der Waals surface area (Å²) in [5, 5.41) is 23.3. The Bertz CT molecular complexity index is 1140. The zero-order chi connectivity index (χ0) is 55.0. The molecule has 6 heteroatoms. The summed E-state index contributed by atoms with van der Waals surface area (Å²) in [7, 11) is 0. The van der Waals surface area contributed by atoms with Crippen molar-refractivity contribution in [3.63, 3.8) is 0 Å². The van der Waals surface area contributed by atoms with Gasteiger partial charge in [-0.15, -0.1) is 0 Å². The van der Waals surface area contributed by atoms with Gasteiger partial charge in [0.15, 0.2) is 0 Å². The van der Waals surface area contributed by atoms with Crippen LogP contribution in [0.3, 0.4) is 0 Å². The minimum Gasteiger partial charge on any atom is -0.466 e. The molecule has 76 heavy (non-hydrogen) atoms. The minimum atomic E-state index is -0.665. The van der Waals surface area contributed by atoms with Gasteiger partial charge >= 0.3 is 5.97 Å². The predicted octanol–water partition coefficient (Wildman–Crippen LogP) is 22.4. The molecule has 0 saturated heterocycles. The third-order valence-electron chi connectivity index (χ3n) is 16.6. The lowest BCUT2D eigenvalue weighted by atomic mass is 10.0. The molecule has 3 N–H and O–H groups in total. The summed E-state index contributed by atoms with van der Waals surface area (Å²) in [6.45, 7) is 4.99. The lowest BCUT2D eigenvalue weighted by molar-refractivity contribution is -0.143. The summed E-state index contributed by atoms with van der Waals surface area (Å²) < 4.78 is 5.51.